The van der Waals surface area contributed by atoms with Crippen molar-refractivity contribution in [2.45, 2.75) is 29.6 Å². The molecule has 1 aromatic carbocycles. The second kappa shape index (κ2) is 6.08. The number of fused-ring (bicyclic) bond motifs is 1. The maximum absolute atomic E-state index is 12.9. The van der Waals surface area contributed by atoms with Crippen LogP contribution in [-0.2, 0) is 4.74 Å². The highest BCUT2D eigenvalue weighted by molar-refractivity contribution is 6.04. The van der Waals surface area contributed by atoms with Gasteiger partial charge in [0.25, 0.3) is 0 Å². The van der Waals surface area contributed by atoms with Gasteiger partial charge in [0.1, 0.15) is 0 Å². The number of aromatic amines is 1. The minimum absolute atomic E-state index is 0.188. The number of nitrogens with one attached hydrogen (secondary N) is 6. The molecule has 12 nitrogen and oxygen atoms in total. The number of esters is 1. The lowest BCUT2D eigenvalue weighted by molar-refractivity contribution is -0.258. The number of nitrogens with zero attached hydrogens (tertiary/aromatic N) is 1. The van der Waals surface area contributed by atoms with Gasteiger partial charge in [-0.15, -0.1) is 0 Å². The van der Waals surface area contributed by atoms with E-state index in [9.17, 15) is 20.1 Å². The molecule has 1 spiro atoms. The topological polar surface area (TPSA) is 190 Å². The fourth-order valence-electron chi connectivity index (χ4n) is 4.70. The van der Waals surface area contributed by atoms with Crippen LogP contribution in [0.4, 0.5) is 0 Å². The van der Waals surface area contributed by atoms with Crippen molar-refractivity contribution in [1.29, 1.82) is 10.8 Å². The summed E-state index contributed by atoms with van der Waals surface area (Å²) in [7, 11) is 0. The van der Waals surface area contributed by atoms with Crippen molar-refractivity contribution in [2.75, 3.05) is 13.2 Å². The third-order valence-electron chi connectivity index (χ3n) is 6.10. The van der Waals surface area contributed by atoms with Crippen molar-refractivity contribution in [3.05, 3.63) is 36.0 Å². The Hall–Kier alpha value is -3.35. The van der Waals surface area contributed by atoms with Crippen molar-refractivity contribution in [2.24, 2.45) is 0 Å². The molecular formula is C18H21N7O5. The van der Waals surface area contributed by atoms with Crippen LogP contribution in [0.5, 0.6) is 0 Å². The molecule has 3 saturated heterocycles. The molecule has 3 aliphatic rings. The van der Waals surface area contributed by atoms with Crippen LogP contribution in [0.2, 0.25) is 0 Å². The van der Waals surface area contributed by atoms with Gasteiger partial charge in [-0.2, -0.15) is 0 Å². The Morgan fingerprint density at radius 1 is 1.27 bits per heavy atom. The zero-order valence-electron chi connectivity index (χ0n) is 15.6. The van der Waals surface area contributed by atoms with Crippen LogP contribution in [0.25, 0.3) is 10.9 Å². The molecule has 9 N–H and O–H groups in total. The van der Waals surface area contributed by atoms with E-state index in [1.54, 1.807) is 18.2 Å². The number of aliphatic hydroxyl groups is 3. The van der Waals surface area contributed by atoms with Crippen molar-refractivity contribution in [1.82, 2.24) is 25.8 Å². The summed E-state index contributed by atoms with van der Waals surface area (Å²) in [6, 6.07) is 5.49. The molecule has 0 radical (unpaired) electrons. The lowest BCUT2D eigenvalue weighted by Crippen LogP contribution is -2.80. The second-order valence-electron chi connectivity index (χ2n) is 7.65. The first-order valence-corrected chi connectivity index (χ1v) is 9.38. The molecule has 5 rings (SSSR count). The number of para-hydroxylation sites is 1. The highest BCUT2D eigenvalue weighted by Crippen LogP contribution is 2.44. The molecule has 12 heteroatoms. The van der Waals surface area contributed by atoms with Gasteiger partial charge in [0.05, 0.1) is 30.8 Å². The molecule has 158 valence electrons. The number of aromatic nitrogens is 1. The van der Waals surface area contributed by atoms with Gasteiger partial charge in [-0.3, -0.25) is 10.8 Å². The van der Waals surface area contributed by atoms with E-state index in [1.165, 1.54) is 11.1 Å². The lowest BCUT2D eigenvalue weighted by atomic mass is 9.85. The Labute approximate surface area is 169 Å². The number of guanidine groups is 2. The van der Waals surface area contributed by atoms with Crippen LogP contribution >= 0.6 is 0 Å². The molecule has 1 aromatic heterocycles. The standard InChI is InChI=1S/C18H21N7O5/c19-15-23-13-11(7-26)22-16(20)25-6-12(18(28,29)17(13,25)24-15)30-14(27)9-5-21-10-4-2-1-3-8(9)10/h1-5,11-13,21,26,28-29H,6-7H2,(H2,20,22)(H3,19,23,24)/t11-,12-,13-,17-/m0/s1. The quantitative estimate of drug-likeness (QED) is 0.197. The zero-order valence-corrected chi connectivity index (χ0v) is 15.6. The number of ether oxygens (including phenoxy) is 1. The number of aliphatic hydroxyl groups excluding tert-OH is 1. The average molecular weight is 415 g/mol. The summed E-state index contributed by atoms with van der Waals surface area (Å²) in [4.78, 5) is 17.1. The van der Waals surface area contributed by atoms with Crippen LogP contribution < -0.4 is 16.0 Å². The highest BCUT2D eigenvalue weighted by Gasteiger charge is 2.75. The minimum atomic E-state index is -2.67. The summed E-state index contributed by atoms with van der Waals surface area (Å²) in [5.41, 5.74) is -0.796. The maximum Gasteiger partial charge on any atom is 0.340 e. The first kappa shape index (κ1) is 18.7. The maximum atomic E-state index is 12.9. The summed E-state index contributed by atoms with van der Waals surface area (Å²) in [6.45, 7) is -0.621. The smallest absolute Gasteiger partial charge is 0.340 e. The molecule has 3 fully saturated rings. The summed E-state index contributed by atoms with van der Waals surface area (Å²) < 4.78 is 5.50. The molecule has 30 heavy (non-hydrogen) atoms. The third-order valence-corrected chi connectivity index (χ3v) is 6.10. The monoisotopic (exact) mass is 415 g/mol. The number of carbonyl (C=O) groups is 1. The minimum Gasteiger partial charge on any atom is -0.451 e. The van der Waals surface area contributed by atoms with Crippen LogP contribution in [0.3, 0.4) is 0 Å². The normalized spacial score (nSPS) is 31.6. The fourth-order valence-corrected chi connectivity index (χ4v) is 4.70. The van der Waals surface area contributed by atoms with Gasteiger partial charge in [-0.05, 0) is 6.07 Å². The Kier molecular flexibility index (Phi) is 3.78. The van der Waals surface area contributed by atoms with Gasteiger partial charge < -0.3 is 45.9 Å². The molecule has 3 aliphatic heterocycles. The predicted molar refractivity (Wildman–Crippen MR) is 104 cm³/mol. The van der Waals surface area contributed by atoms with Crippen molar-refractivity contribution in [3.8, 4) is 0 Å². The molecule has 2 aromatic rings. The number of benzene rings is 1. The molecular weight excluding hydrogens is 394 g/mol. The third kappa shape index (κ3) is 2.23. The van der Waals surface area contributed by atoms with Gasteiger partial charge in [-0.25, -0.2) is 4.79 Å². The Balaban J connectivity index is 1.50. The van der Waals surface area contributed by atoms with Crippen molar-refractivity contribution < 1.29 is 24.9 Å². The van der Waals surface area contributed by atoms with Crippen LogP contribution in [-0.4, -0.2) is 85.9 Å². The molecule has 4 heterocycles. The first-order chi connectivity index (χ1) is 14.3. The van der Waals surface area contributed by atoms with E-state index in [4.69, 9.17) is 15.6 Å². The molecule has 4 atom stereocenters. The predicted octanol–water partition coefficient (Wildman–Crippen LogP) is -2.22. The number of hydrogen-bond acceptors (Lipinski definition) is 7. The Morgan fingerprint density at radius 2 is 2.03 bits per heavy atom. The van der Waals surface area contributed by atoms with E-state index in [-0.39, 0.29) is 24.0 Å². The van der Waals surface area contributed by atoms with E-state index < -0.39 is 42.2 Å². The second-order valence-corrected chi connectivity index (χ2v) is 7.65. The fraction of sp³-hybridized carbons (Fsp3) is 0.389. The summed E-state index contributed by atoms with van der Waals surface area (Å²) in [6.07, 6.45) is 0.0597. The molecule has 0 aliphatic carbocycles. The first-order valence-electron chi connectivity index (χ1n) is 9.38. The Bertz CT molecular complexity index is 1070. The van der Waals surface area contributed by atoms with Gasteiger partial charge in [0.2, 0.25) is 5.79 Å². The van der Waals surface area contributed by atoms with Crippen LogP contribution in [0, 0.1) is 10.8 Å². The average Bonchev–Trinajstić information content (AvgIpc) is 3.35. The Morgan fingerprint density at radius 3 is 2.80 bits per heavy atom. The molecule has 0 unspecified atom stereocenters. The molecule has 0 saturated carbocycles. The largest absolute Gasteiger partial charge is 0.451 e. The SMILES string of the molecule is N=C1N[C@H]2[C@H](CO)NC(=N)N3C[C@H](OC(=O)c4c[nH]c5ccccc45)C(O)(O)[C@]23N1. The van der Waals surface area contributed by atoms with E-state index in [2.05, 4.69) is 20.9 Å². The summed E-state index contributed by atoms with van der Waals surface area (Å²) in [5.74, 6) is -3.81. The summed E-state index contributed by atoms with van der Waals surface area (Å²) in [5, 5.41) is 57.1. The van der Waals surface area contributed by atoms with Gasteiger partial charge in [-0.1, -0.05) is 18.2 Å². The number of H-pyrrole nitrogens is 1. The van der Waals surface area contributed by atoms with Crippen molar-refractivity contribution >= 4 is 28.8 Å². The zero-order chi connectivity index (χ0) is 21.3. The lowest BCUT2D eigenvalue weighted by Gasteiger charge is -2.50. The van der Waals surface area contributed by atoms with Gasteiger partial charge >= 0.3 is 5.97 Å². The van der Waals surface area contributed by atoms with E-state index in [0.29, 0.717) is 5.39 Å². The van der Waals surface area contributed by atoms with Crippen molar-refractivity contribution in [3.63, 3.8) is 0 Å². The highest BCUT2D eigenvalue weighted by atomic mass is 16.6. The summed E-state index contributed by atoms with van der Waals surface area (Å²) >= 11 is 0. The number of rotatable bonds is 3. The number of hydrogen-bond donors (Lipinski definition) is 9. The van der Waals surface area contributed by atoms with Gasteiger partial charge in [0.15, 0.2) is 23.7 Å². The van der Waals surface area contributed by atoms with Crippen LogP contribution in [0.1, 0.15) is 10.4 Å². The molecule has 0 bridgehead atoms. The van der Waals surface area contributed by atoms with E-state index in [0.717, 1.165) is 5.52 Å². The number of carbonyl (C=O) groups excluding carboxylic acids is 1. The van der Waals surface area contributed by atoms with Gasteiger partial charge in [0, 0.05) is 17.1 Å². The van der Waals surface area contributed by atoms with E-state index in [1.807, 2.05) is 6.07 Å². The molecule has 0 amide bonds. The van der Waals surface area contributed by atoms with Crippen LogP contribution in [0.15, 0.2) is 30.5 Å². The van der Waals surface area contributed by atoms with E-state index >= 15 is 0 Å².